The summed E-state index contributed by atoms with van der Waals surface area (Å²) in [5.74, 6) is 0. The first kappa shape index (κ1) is 6.70. The van der Waals surface area contributed by atoms with Crippen LogP contribution in [0, 0.1) is 5.21 Å². The van der Waals surface area contributed by atoms with E-state index in [-0.39, 0.29) is 5.16 Å². The summed E-state index contributed by atoms with van der Waals surface area (Å²) in [4.78, 5) is 3.65. The van der Waals surface area contributed by atoms with Gasteiger partial charge in [-0.25, -0.2) is 4.73 Å². The fraction of sp³-hybridized carbons (Fsp3) is 0. The van der Waals surface area contributed by atoms with Gasteiger partial charge in [0.15, 0.2) is 0 Å². The second kappa shape index (κ2) is 2.45. The largest absolute Gasteiger partial charge is 0.710 e. The van der Waals surface area contributed by atoms with Crippen molar-refractivity contribution in [3.05, 3.63) is 17.5 Å². The molecule has 0 saturated carbocycles. The van der Waals surface area contributed by atoms with Crippen LogP contribution in [0.4, 0.5) is 0 Å². The molecule has 0 spiro atoms. The smallest absolute Gasteiger partial charge is 0.360 e. The van der Waals surface area contributed by atoms with Crippen LogP contribution in [0.3, 0.4) is 0 Å². The highest BCUT2D eigenvalue weighted by Crippen LogP contribution is 1.99. The van der Waals surface area contributed by atoms with Crippen molar-refractivity contribution >= 4 is 25.3 Å². The first-order valence-electron chi connectivity index (χ1n) is 2.18. The third-order valence-corrected chi connectivity index (χ3v) is 1.32. The molecule has 1 rings (SSSR count). The molecule has 1 aromatic heterocycles. The van der Waals surface area contributed by atoms with Crippen molar-refractivity contribution in [1.29, 1.82) is 0 Å². The molecule has 0 N–H and O–H groups in total. The van der Waals surface area contributed by atoms with Gasteiger partial charge in [0.2, 0.25) is 5.03 Å². The normalized spacial score (nSPS) is 9.56. The highest BCUT2D eigenvalue weighted by molar-refractivity contribution is 7.80. The molecular weight excluding hydrogens is 156 g/mol. The fourth-order valence-corrected chi connectivity index (χ4v) is 0.805. The third kappa shape index (κ3) is 1.49. The number of hydrogen-bond donors (Lipinski definition) is 2. The van der Waals surface area contributed by atoms with E-state index in [0.29, 0.717) is 9.76 Å². The first-order valence-corrected chi connectivity index (χ1v) is 3.08. The minimum absolute atomic E-state index is 0.113. The summed E-state index contributed by atoms with van der Waals surface area (Å²) in [5.41, 5.74) is 0. The molecule has 48 valence electrons. The number of aromatic nitrogens is 2. The van der Waals surface area contributed by atoms with Crippen molar-refractivity contribution in [3.8, 4) is 0 Å². The summed E-state index contributed by atoms with van der Waals surface area (Å²) in [6.45, 7) is 0. The van der Waals surface area contributed by atoms with Crippen LogP contribution in [-0.2, 0) is 0 Å². The molecule has 5 heteroatoms. The van der Waals surface area contributed by atoms with Gasteiger partial charge in [-0.05, 0) is 4.98 Å². The molecule has 0 fully saturated rings. The summed E-state index contributed by atoms with van der Waals surface area (Å²) >= 11 is 7.65. The van der Waals surface area contributed by atoms with Crippen molar-refractivity contribution in [2.75, 3.05) is 0 Å². The molecule has 0 bridgehead atoms. The topological polar surface area (TPSA) is 39.8 Å². The lowest BCUT2D eigenvalue weighted by molar-refractivity contribution is -0.650. The Morgan fingerprint density at radius 3 is 2.67 bits per heavy atom. The molecule has 0 atom stereocenters. The number of rotatable bonds is 0. The van der Waals surface area contributed by atoms with Crippen LogP contribution >= 0.6 is 25.3 Å². The minimum Gasteiger partial charge on any atom is -0.710 e. The molecule has 0 aliphatic rings. The number of hydrogen-bond acceptors (Lipinski definition) is 4. The summed E-state index contributed by atoms with van der Waals surface area (Å²) in [6, 6.07) is 1.50. The quantitative estimate of drug-likeness (QED) is 0.188. The Hall–Kier alpha value is -0.420. The van der Waals surface area contributed by atoms with Crippen molar-refractivity contribution in [2.45, 2.75) is 10.2 Å². The zero-order valence-electron chi connectivity index (χ0n) is 4.35. The third-order valence-electron chi connectivity index (χ3n) is 0.771. The molecule has 1 aromatic rings. The van der Waals surface area contributed by atoms with Gasteiger partial charge in [-0.15, -0.1) is 0 Å². The van der Waals surface area contributed by atoms with E-state index in [0.717, 1.165) is 0 Å². The van der Waals surface area contributed by atoms with E-state index in [4.69, 9.17) is 0 Å². The lowest BCUT2D eigenvalue weighted by atomic mass is 10.7. The second-order valence-corrected chi connectivity index (χ2v) is 2.27. The number of thiol groups is 2. The van der Waals surface area contributed by atoms with E-state index < -0.39 is 0 Å². The lowest BCUT2D eigenvalue weighted by Crippen LogP contribution is -2.28. The SMILES string of the molecule is [O-][n+]1ccc(S)nc1S. The fourth-order valence-electron chi connectivity index (χ4n) is 0.390. The lowest BCUT2D eigenvalue weighted by Gasteiger charge is -1.98. The Labute approximate surface area is 63.1 Å². The molecule has 3 nitrogen and oxygen atoms in total. The zero-order valence-corrected chi connectivity index (χ0v) is 6.14. The maximum atomic E-state index is 10.5. The van der Waals surface area contributed by atoms with E-state index in [1.165, 1.54) is 12.3 Å². The van der Waals surface area contributed by atoms with E-state index in [2.05, 4.69) is 30.2 Å². The molecule has 9 heavy (non-hydrogen) atoms. The van der Waals surface area contributed by atoms with Crippen LogP contribution < -0.4 is 4.73 Å². The Bertz CT molecular complexity index is 228. The predicted octanol–water partition coefficient (Wildman–Crippen LogP) is 0.292. The van der Waals surface area contributed by atoms with Gasteiger partial charge >= 0.3 is 5.16 Å². The van der Waals surface area contributed by atoms with Crippen molar-refractivity contribution in [1.82, 2.24) is 4.98 Å². The Morgan fingerprint density at radius 1 is 1.56 bits per heavy atom. The maximum Gasteiger partial charge on any atom is 0.360 e. The van der Waals surface area contributed by atoms with E-state index in [1.807, 2.05) is 0 Å². The summed E-state index contributed by atoms with van der Waals surface area (Å²) in [7, 11) is 0. The first-order chi connectivity index (χ1) is 4.20. The van der Waals surface area contributed by atoms with Crippen LogP contribution in [0.1, 0.15) is 0 Å². The molecule has 0 aliphatic heterocycles. The van der Waals surface area contributed by atoms with Crippen LogP contribution in [0.25, 0.3) is 0 Å². The predicted molar refractivity (Wildman–Crippen MR) is 37.7 cm³/mol. The van der Waals surface area contributed by atoms with E-state index in [9.17, 15) is 5.21 Å². The Morgan fingerprint density at radius 2 is 2.22 bits per heavy atom. The van der Waals surface area contributed by atoms with Crippen molar-refractivity contribution in [2.24, 2.45) is 0 Å². The summed E-state index contributed by atoms with van der Waals surface area (Å²) in [6.07, 6.45) is 1.30. The Kier molecular flexibility index (Phi) is 1.82. The van der Waals surface area contributed by atoms with Crippen LogP contribution in [0.5, 0.6) is 0 Å². The average Bonchev–Trinajstić information content (AvgIpc) is 1.80. The molecule has 0 radical (unpaired) electrons. The van der Waals surface area contributed by atoms with Gasteiger partial charge in [0.25, 0.3) is 0 Å². The minimum atomic E-state index is 0.113. The highest BCUT2D eigenvalue weighted by atomic mass is 32.1. The molecule has 0 aromatic carbocycles. The molecule has 0 aliphatic carbocycles. The number of nitrogens with zero attached hydrogens (tertiary/aromatic N) is 2. The van der Waals surface area contributed by atoms with Crippen LogP contribution in [-0.4, -0.2) is 4.98 Å². The van der Waals surface area contributed by atoms with Gasteiger partial charge in [-0.3, -0.25) is 0 Å². The maximum absolute atomic E-state index is 10.5. The van der Waals surface area contributed by atoms with Crippen LogP contribution in [0.15, 0.2) is 22.4 Å². The van der Waals surface area contributed by atoms with Gasteiger partial charge in [-0.2, -0.15) is 0 Å². The highest BCUT2D eigenvalue weighted by Gasteiger charge is 2.00. The van der Waals surface area contributed by atoms with E-state index in [1.54, 1.807) is 0 Å². The average molecular weight is 160 g/mol. The Balaban J connectivity index is 3.17. The monoisotopic (exact) mass is 160 g/mol. The molecule has 1 heterocycles. The zero-order chi connectivity index (χ0) is 6.85. The van der Waals surface area contributed by atoms with Crippen molar-refractivity contribution < 1.29 is 4.73 Å². The van der Waals surface area contributed by atoms with Gasteiger partial charge in [-0.1, -0.05) is 25.3 Å². The van der Waals surface area contributed by atoms with Gasteiger partial charge in [0.05, 0.1) is 6.20 Å². The molecule has 0 saturated heterocycles. The standard InChI is InChI=1S/C4H4N2OS2/c7-6-2-1-3(8)5-4(6)9/h1-2H,(H2,5,8,9). The van der Waals surface area contributed by atoms with E-state index >= 15 is 0 Å². The molecule has 0 unspecified atom stereocenters. The van der Waals surface area contributed by atoms with Gasteiger partial charge in [0.1, 0.15) is 0 Å². The molecular formula is C4H4N2OS2. The van der Waals surface area contributed by atoms with Gasteiger partial charge in [0, 0.05) is 6.07 Å². The summed E-state index contributed by atoms with van der Waals surface area (Å²) in [5, 5.41) is 11.1. The van der Waals surface area contributed by atoms with Gasteiger partial charge < -0.3 is 5.21 Å². The second-order valence-electron chi connectivity index (χ2n) is 1.41. The van der Waals surface area contributed by atoms with Crippen LogP contribution in [0.2, 0.25) is 0 Å². The summed E-state index contributed by atoms with van der Waals surface area (Å²) < 4.78 is 0.558. The van der Waals surface area contributed by atoms with Crippen molar-refractivity contribution in [3.63, 3.8) is 0 Å². The molecule has 0 amide bonds.